The number of fused-ring (bicyclic) bond motifs is 3. The van der Waals surface area contributed by atoms with Crippen molar-refractivity contribution in [1.82, 2.24) is 0 Å². The molecule has 0 amide bonds. The minimum absolute atomic E-state index is 0.276. The Kier molecular flexibility index (Phi) is 2.21. The van der Waals surface area contributed by atoms with Crippen LogP contribution in [0.5, 0.6) is 5.75 Å². The quantitative estimate of drug-likeness (QED) is 0.559. The van der Waals surface area contributed by atoms with Gasteiger partial charge in [-0.1, -0.05) is 23.4 Å². The van der Waals surface area contributed by atoms with Gasteiger partial charge in [-0.25, -0.2) is 4.39 Å². The lowest BCUT2D eigenvalue weighted by molar-refractivity contribution is 0.300. The van der Waals surface area contributed by atoms with E-state index in [0.717, 1.165) is 5.56 Å². The molecule has 0 saturated heterocycles. The van der Waals surface area contributed by atoms with Crippen molar-refractivity contribution in [1.29, 1.82) is 0 Å². The number of nitrogens with zero attached hydrogens (tertiary/aromatic N) is 1. The van der Waals surface area contributed by atoms with Crippen LogP contribution in [-0.4, -0.2) is 17.5 Å². The lowest BCUT2D eigenvalue weighted by Crippen LogP contribution is -2.16. The van der Waals surface area contributed by atoms with Crippen molar-refractivity contribution >= 4 is 16.5 Å². The number of hydrogen-bond acceptors (Lipinski definition) is 3. The molecule has 1 heterocycles. The molecule has 0 bridgehead atoms. The van der Waals surface area contributed by atoms with Crippen molar-refractivity contribution in [3.63, 3.8) is 0 Å². The molecule has 0 atom stereocenters. The highest BCUT2D eigenvalue weighted by Gasteiger charge is 2.20. The monoisotopic (exact) mass is 231 g/mol. The van der Waals surface area contributed by atoms with E-state index < -0.39 is 0 Å². The molecule has 3 rings (SSSR count). The first-order valence-corrected chi connectivity index (χ1v) is 5.36. The molecule has 1 aliphatic heterocycles. The second kappa shape index (κ2) is 3.73. The Bertz CT molecular complexity index is 622. The average Bonchev–Trinajstić information content (AvgIpc) is 2.38. The van der Waals surface area contributed by atoms with E-state index in [2.05, 4.69) is 5.16 Å². The van der Waals surface area contributed by atoms with E-state index in [1.165, 1.54) is 6.07 Å². The standard InChI is InChI=1S/C13H10FNO2/c14-11-3-1-2-9-8(11)4-5-10-12(15-16)6-7-17-13(9)10/h1-5,16H,6-7H2. The highest BCUT2D eigenvalue weighted by Crippen LogP contribution is 2.34. The Morgan fingerprint density at radius 3 is 2.88 bits per heavy atom. The van der Waals surface area contributed by atoms with E-state index >= 15 is 0 Å². The van der Waals surface area contributed by atoms with Crippen LogP contribution in [0.25, 0.3) is 10.8 Å². The number of rotatable bonds is 0. The lowest BCUT2D eigenvalue weighted by atomic mass is 9.98. The van der Waals surface area contributed by atoms with Gasteiger partial charge >= 0.3 is 0 Å². The van der Waals surface area contributed by atoms with Crippen LogP contribution in [0.2, 0.25) is 0 Å². The van der Waals surface area contributed by atoms with E-state index in [0.29, 0.717) is 35.3 Å². The summed E-state index contributed by atoms with van der Waals surface area (Å²) >= 11 is 0. The topological polar surface area (TPSA) is 41.8 Å². The summed E-state index contributed by atoms with van der Waals surface area (Å²) in [5.74, 6) is 0.322. The van der Waals surface area contributed by atoms with Crippen molar-refractivity contribution < 1.29 is 14.3 Å². The van der Waals surface area contributed by atoms with Crippen molar-refractivity contribution in [2.75, 3.05) is 6.61 Å². The molecule has 0 saturated carbocycles. The maximum Gasteiger partial charge on any atom is 0.136 e. The molecule has 0 fully saturated rings. The first kappa shape index (κ1) is 10.1. The Hall–Kier alpha value is -2.10. The van der Waals surface area contributed by atoms with Crippen molar-refractivity contribution in [3.05, 3.63) is 41.7 Å². The SMILES string of the molecule is ON=C1CCOc2c1ccc1c(F)cccc21. The third kappa shape index (κ3) is 1.45. The van der Waals surface area contributed by atoms with Crippen molar-refractivity contribution in [3.8, 4) is 5.75 Å². The van der Waals surface area contributed by atoms with Gasteiger partial charge in [-0.3, -0.25) is 0 Å². The molecule has 0 aliphatic carbocycles. The molecule has 3 nitrogen and oxygen atoms in total. The number of hydrogen-bond donors (Lipinski definition) is 1. The minimum Gasteiger partial charge on any atom is -0.492 e. The van der Waals surface area contributed by atoms with Crippen LogP contribution in [-0.2, 0) is 0 Å². The molecule has 86 valence electrons. The van der Waals surface area contributed by atoms with E-state index in [9.17, 15) is 4.39 Å². The molecular weight excluding hydrogens is 221 g/mol. The van der Waals surface area contributed by atoms with Crippen LogP contribution < -0.4 is 4.74 Å². The van der Waals surface area contributed by atoms with Crippen molar-refractivity contribution in [2.45, 2.75) is 6.42 Å². The van der Waals surface area contributed by atoms with E-state index in [1.54, 1.807) is 24.3 Å². The predicted molar refractivity (Wildman–Crippen MR) is 62.3 cm³/mol. The largest absolute Gasteiger partial charge is 0.492 e. The second-order valence-electron chi connectivity index (χ2n) is 3.92. The van der Waals surface area contributed by atoms with Gasteiger partial charge in [0.15, 0.2) is 0 Å². The minimum atomic E-state index is -0.276. The van der Waals surface area contributed by atoms with Gasteiger partial charge in [0.2, 0.25) is 0 Å². The van der Waals surface area contributed by atoms with Gasteiger partial charge in [0.1, 0.15) is 11.6 Å². The van der Waals surface area contributed by atoms with Gasteiger partial charge in [-0.2, -0.15) is 0 Å². The fraction of sp³-hybridized carbons (Fsp3) is 0.154. The molecule has 0 aromatic heterocycles. The second-order valence-corrected chi connectivity index (χ2v) is 3.92. The number of halogens is 1. The van der Waals surface area contributed by atoms with Crippen molar-refractivity contribution in [2.24, 2.45) is 5.16 Å². The molecule has 0 spiro atoms. The Morgan fingerprint density at radius 2 is 2.06 bits per heavy atom. The zero-order chi connectivity index (χ0) is 11.8. The highest BCUT2D eigenvalue weighted by molar-refractivity contribution is 6.08. The maximum absolute atomic E-state index is 13.6. The van der Waals surface area contributed by atoms with E-state index in [4.69, 9.17) is 9.94 Å². The van der Waals surface area contributed by atoms with Gasteiger partial charge in [0.05, 0.1) is 12.3 Å². The molecule has 2 aromatic rings. The van der Waals surface area contributed by atoms with Crippen LogP contribution in [0.15, 0.2) is 35.5 Å². The van der Waals surface area contributed by atoms with Gasteiger partial charge in [0.25, 0.3) is 0 Å². The molecule has 2 aromatic carbocycles. The average molecular weight is 231 g/mol. The normalized spacial score (nSPS) is 16.9. The van der Waals surface area contributed by atoms with Gasteiger partial charge < -0.3 is 9.94 Å². The van der Waals surface area contributed by atoms with Gasteiger partial charge in [-0.05, 0) is 12.1 Å². The van der Waals surface area contributed by atoms with Gasteiger partial charge in [-0.15, -0.1) is 0 Å². The summed E-state index contributed by atoms with van der Waals surface area (Å²) < 4.78 is 19.2. The van der Waals surface area contributed by atoms with Crippen LogP contribution in [0.3, 0.4) is 0 Å². The molecule has 1 aliphatic rings. The fourth-order valence-electron chi connectivity index (χ4n) is 2.16. The summed E-state index contributed by atoms with van der Waals surface area (Å²) in [7, 11) is 0. The predicted octanol–water partition coefficient (Wildman–Crippen LogP) is 2.94. The van der Waals surface area contributed by atoms with Gasteiger partial charge in [0, 0.05) is 22.8 Å². The fourth-order valence-corrected chi connectivity index (χ4v) is 2.16. The van der Waals surface area contributed by atoms with Crippen LogP contribution in [0.1, 0.15) is 12.0 Å². The lowest BCUT2D eigenvalue weighted by Gasteiger charge is -2.19. The zero-order valence-electron chi connectivity index (χ0n) is 8.98. The number of ether oxygens (including phenoxy) is 1. The third-order valence-corrected chi connectivity index (χ3v) is 2.98. The Balaban J connectivity index is 2.36. The van der Waals surface area contributed by atoms with Crippen LogP contribution in [0.4, 0.5) is 4.39 Å². The van der Waals surface area contributed by atoms with Crippen LogP contribution >= 0.6 is 0 Å². The maximum atomic E-state index is 13.6. The Morgan fingerprint density at radius 1 is 1.18 bits per heavy atom. The number of benzene rings is 2. The molecular formula is C13H10FNO2. The third-order valence-electron chi connectivity index (χ3n) is 2.98. The Labute approximate surface area is 97.1 Å². The summed E-state index contributed by atoms with van der Waals surface area (Å²) in [6.45, 7) is 0.446. The summed E-state index contributed by atoms with van der Waals surface area (Å²) in [6, 6.07) is 8.28. The highest BCUT2D eigenvalue weighted by atomic mass is 19.1. The molecule has 4 heteroatoms. The summed E-state index contributed by atoms with van der Waals surface area (Å²) in [5, 5.41) is 13.4. The molecule has 0 unspecified atom stereocenters. The summed E-state index contributed by atoms with van der Waals surface area (Å²) in [5.41, 5.74) is 1.31. The molecule has 0 radical (unpaired) electrons. The van der Waals surface area contributed by atoms with Crippen LogP contribution in [0, 0.1) is 5.82 Å². The smallest absolute Gasteiger partial charge is 0.136 e. The summed E-state index contributed by atoms with van der Waals surface area (Å²) in [4.78, 5) is 0. The number of oxime groups is 1. The molecule has 1 N–H and O–H groups in total. The van der Waals surface area contributed by atoms with E-state index in [-0.39, 0.29) is 5.82 Å². The zero-order valence-corrected chi connectivity index (χ0v) is 8.98. The first-order chi connectivity index (χ1) is 8.31. The molecule has 17 heavy (non-hydrogen) atoms. The summed E-state index contributed by atoms with van der Waals surface area (Å²) in [6.07, 6.45) is 0.560. The first-order valence-electron chi connectivity index (χ1n) is 5.36. The van der Waals surface area contributed by atoms with E-state index in [1.807, 2.05) is 0 Å².